The molecule has 0 radical (unpaired) electrons. The highest BCUT2D eigenvalue weighted by atomic mass is 35.5. The number of carbonyl (C=O) groups excluding carboxylic acids is 2. The van der Waals surface area contributed by atoms with Crippen LogP contribution in [0.5, 0.6) is 11.5 Å². The topological polar surface area (TPSA) is 87.1 Å². The first-order valence-corrected chi connectivity index (χ1v) is 11.0. The fourth-order valence-corrected chi connectivity index (χ4v) is 4.64. The van der Waals surface area contributed by atoms with Crippen LogP contribution in [0.4, 0.5) is 5.69 Å². The first-order valence-electron chi connectivity index (χ1n) is 10.7. The number of aliphatic hydroxyl groups excluding tert-OH is 1. The van der Waals surface area contributed by atoms with Gasteiger partial charge in [0.15, 0.2) is 0 Å². The van der Waals surface area contributed by atoms with Gasteiger partial charge in [0.2, 0.25) is 0 Å². The lowest BCUT2D eigenvalue weighted by Gasteiger charge is -2.27. The number of phenols is 1. The Hall–Kier alpha value is -3.77. The van der Waals surface area contributed by atoms with Crippen LogP contribution in [0.2, 0.25) is 5.02 Å². The molecule has 174 valence electrons. The standard InChI is InChI=1S/C27H24ClNO5/c1-14-5-6-16(3)21(13-14)29-23(17-7-9-18(30)10-8-17)22(25(32)27(29)33)24(31)19-11-15(2)12-20(28)26(19)34-4/h5-13,23,30-31H,1-4H3/b24-22+. The molecule has 1 fully saturated rings. The van der Waals surface area contributed by atoms with E-state index in [1.165, 1.54) is 24.1 Å². The quantitative estimate of drug-likeness (QED) is 0.290. The molecule has 1 saturated heterocycles. The van der Waals surface area contributed by atoms with E-state index in [4.69, 9.17) is 16.3 Å². The van der Waals surface area contributed by atoms with Crippen LogP contribution >= 0.6 is 11.6 Å². The highest BCUT2D eigenvalue weighted by Gasteiger charge is 2.47. The van der Waals surface area contributed by atoms with E-state index in [9.17, 15) is 19.8 Å². The lowest BCUT2D eigenvalue weighted by molar-refractivity contribution is -0.132. The van der Waals surface area contributed by atoms with E-state index in [0.717, 1.165) is 16.7 Å². The Morgan fingerprint density at radius 1 is 0.971 bits per heavy atom. The Morgan fingerprint density at radius 3 is 2.29 bits per heavy atom. The second-order valence-electron chi connectivity index (χ2n) is 8.38. The Balaban J connectivity index is 2.04. The van der Waals surface area contributed by atoms with E-state index in [0.29, 0.717) is 11.3 Å². The number of anilines is 1. The molecule has 1 atom stereocenters. The van der Waals surface area contributed by atoms with Crippen molar-refractivity contribution in [3.05, 3.63) is 93.0 Å². The fraction of sp³-hybridized carbons (Fsp3) is 0.185. The van der Waals surface area contributed by atoms with Crippen molar-refractivity contribution in [2.75, 3.05) is 12.0 Å². The van der Waals surface area contributed by atoms with E-state index < -0.39 is 17.7 Å². The minimum atomic E-state index is -0.926. The summed E-state index contributed by atoms with van der Waals surface area (Å²) in [5.74, 6) is -1.72. The summed E-state index contributed by atoms with van der Waals surface area (Å²) in [6.45, 7) is 5.55. The van der Waals surface area contributed by atoms with Crippen LogP contribution in [0.15, 0.2) is 60.2 Å². The monoisotopic (exact) mass is 477 g/mol. The molecule has 34 heavy (non-hydrogen) atoms. The summed E-state index contributed by atoms with van der Waals surface area (Å²) in [6, 6.07) is 14.2. The number of hydrogen-bond donors (Lipinski definition) is 2. The minimum Gasteiger partial charge on any atom is -0.508 e. The largest absolute Gasteiger partial charge is 0.508 e. The van der Waals surface area contributed by atoms with Crippen LogP contribution in [-0.2, 0) is 9.59 Å². The Kier molecular flexibility index (Phi) is 6.11. The van der Waals surface area contributed by atoms with Crippen molar-refractivity contribution in [2.45, 2.75) is 26.8 Å². The predicted molar refractivity (Wildman–Crippen MR) is 132 cm³/mol. The molecule has 1 aliphatic rings. The Bertz CT molecular complexity index is 1340. The lowest BCUT2D eigenvalue weighted by atomic mass is 9.94. The highest BCUT2D eigenvalue weighted by molar-refractivity contribution is 6.52. The minimum absolute atomic E-state index is 0.0413. The summed E-state index contributed by atoms with van der Waals surface area (Å²) in [5.41, 5.74) is 3.71. The molecule has 0 spiro atoms. The van der Waals surface area contributed by atoms with Gasteiger partial charge in [0.05, 0.1) is 29.3 Å². The third kappa shape index (κ3) is 3.90. The molecule has 3 aromatic rings. The van der Waals surface area contributed by atoms with Crippen LogP contribution in [0.3, 0.4) is 0 Å². The maximum absolute atomic E-state index is 13.4. The number of Topliss-reactive ketones (excluding diaryl/α,β-unsaturated/α-hetero) is 1. The van der Waals surface area contributed by atoms with Crippen LogP contribution < -0.4 is 9.64 Å². The number of ketones is 1. The van der Waals surface area contributed by atoms with E-state index in [2.05, 4.69) is 0 Å². The molecule has 0 bridgehead atoms. The first-order chi connectivity index (χ1) is 16.1. The van der Waals surface area contributed by atoms with E-state index in [-0.39, 0.29) is 33.4 Å². The van der Waals surface area contributed by atoms with Crippen LogP contribution in [-0.4, -0.2) is 29.0 Å². The molecule has 1 aliphatic heterocycles. The summed E-state index contributed by atoms with van der Waals surface area (Å²) in [4.78, 5) is 28.2. The third-order valence-electron chi connectivity index (χ3n) is 5.92. The fourth-order valence-electron chi connectivity index (χ4n) is 4.29. The van der Waals surface area contributed by atoms with Crippen molar-refractivity contribution in [3.8, 4) is 11.5 Å². The molecule has 1 amide bonds. The number of aryl methyl sites for hydroxylation is 3. The molecule has 1 unspecified atom stereocenters. The molecule has 4 rings (SSSR count). The van der Waals surface area contributed by atoms with Gasteiger partial charge < -0.3 is 14.9 Å². The molecule has 0 saturated carbocycles. The average molecular weight is 478 g/mol. The van der Waals surface area contributed by atoms with E-state index in [1.807, 2.05) is 32.0 Å². The summed E-state index contributed by atoms with van der Waals surface area (Å²) in [6.07, 6.45) is 0. The van der Waals surface area contributed by atoms with Crippen molar-refractivity contribution in [3.63, 3.8) is 0 Å². The zero-order valence-corrected chi connectivity index (χ0v) is 20.0. The van der Waals surface area contributed by atoms with Gasteiger partial charge in [-0.15, -0.1) is 0 Å². The maximum atomic E-state index is 13.4. The lowest BCUT2D eigenvalue weighted by Crippen LogP contribution is -2.30. The van der Waals surface area contributed by atoms with Crippen LogP contribution in [0, 0.1) is 20.8 Å². The Labute approximate surface area is 202 Å². The van der Waals surface area contributed by atoms with E-state index >= 15 is 0 Å². The van der Waals surface area contributed by atoms with Crippen molar-refractivity contribution in [2.24, 2.45) is 0 Å². The number of rotatable bonds is 4. The number of ether oxygens (including phenoxy) is 1. The van der Waals surface area contributed by atoms with Gasteiger partial charge >= 0.3 is 0 Å². The van der Waals surface area contributed by atoms with E-state index in [1.54, 1.807) is 31.2 Å². The molecule has 1 heterocycles. The van der Waals surface area contributed by atoms with Gasteiger partial charge in [0.25, 0.3) is 11.7 Å². The van der Waals surface area contributed by atoms with Crippen molar-refractivity contribution >= 4 is 34.7 Å². The highest BCUT2D eigenvalue weighted by Crippen LogP contribution is 2.45. The van der Waals surface area contributed by atoms with Gasteiger partial charge in [-0.3, -0.25) is 14.5 Å². The van der Waals surface area contributed by atoms with Crippen molar-refractivity contribution in [1.29, 1.82) is 0 Å². The van der Waals surface area contributed by atoms with Gasteiger partial charge in [-0.25, -0.2) is 0 Å². The Morgan fingerprint density at radius 2 is 1.65 bits per heavy atom. The average Bonchev–Trinajstić information content (AvgIpc) is 3.05. The predicted octanol–water partition coefficient (Wildman–Crippen LogP) is 5.61. The number of carbonyl (C=O) groups is 2. The zero-order chi connectivity index (χ0) is 24.7. The van der Waals surface area contributed by atoms with Gasteiger partial charge in [-0.05, 0) is 73.4 Å². The van der Waals surface area contributed by atoms with Crippen molar-refractivity contribution < 1.29 is 24.5 Å². The number of amides is 1. The van der Waals surface area contributed by atoms with Crippen molar-refractivity contribution in [1.82, 2.24) is 0 Å². The molecule has 7 heteroatoms. The summed E-state index contributed by atoms with van der Waals surface area (Å²) < 4.78 is 5.41. The number of aliphatic hydroxyl groups is 1. The third-order valence-corrected chi connectivity index (χ3v) is 6.21. The second kappa shape index (κ2) is 8.88. The number of hydrogen-bond acceptors (Lipinski definition) is 5. The zero-order valence-electron chi connectivity index (χ0n) is 19.2. The number of aromatic hydroxyl groups is 1. The summed E-state index contributed by atoms with van der Waals surface area (Å²) in [7, 11) is 1.42. The number of phenolic OH excluding ortho intramolecular Hbond substituents is 1. The molecule has 3 aromatic carbocycles. The normalized spacial score (nSPS) is 17.3. The van der Waals surface area contributed by atoms with Gasteiger partial charge in [-0.2, -0.15) is 0 Å². The number of nitrogens with zero attached hydrogens (tertiary/aromatic N) is 1. The second-order valence-corrected chi connectivity index (χ2v) is 8.79. The number of methoxy groups -OCH3 is 1. The van der Waals surface area contributed by atoms with Gasteiger partial charge in [-0.1, -0.05) is 35.9 Å². The molecular weight excluding hydrogens is 454 g/mol. The molecule has 6 nitrogen and oxygen atoms in total. The van der Waals surface area contributed by atoms with Crippen LogP contribution in [0.1, 0.15) is 33.9 Å². The smallest absolute Gasteiger partial charge is 0.300 e. The van der Waals surface area contributed by atoms with Crippen LogP contribution in [0.25, 0.3) is 5.76 Å². The number of halogens is 1. The molecule has 0 aromatic heterocycles. The summed E-state index contributed by atoms with van der Waals surface area (Å²) in [5, 5.41) is 21.5. The number of benzene rings is 3. The summed E-state index contributed by atoms with van der Waals surface area (Å²) >= 11 is 6.34. The maximum Gasteiger partial charge on any atom is 0.300 e. The first kappa shape index (κ1) is 23.4. The molecule has 2 N–H and O–H groups in total. The van der Waals surface area contributed by atoms with Gasteiger partial charge in [0.1, 0.15) is 17.3 Å². The van der Waals surface area contributed by atoms with Gasteiger partial charge in [0, 0.05) is 5.69 Å². The SMILES string of the molecule is COc1c(Cl)cc(C)cc1/C(O)=C1\C(=O)C(=O)N(c2cc(C)ccc2C)C1c1ccc(O)cc1. The molecule has 0 aliphatic carbocycles. The molecular formula is C27H24ClNO5.